The van der Waals surface area contributed by atoms with Crippen LogP contribution in [-0.2, 0) is 0 Å². The van der Waals surface area contributed by atoms with Crippen molar-refractivity contribution in [1.29, 1.82) is 5.26 Å². The van der Waals surface area contributed by atoms with Gasteiger partial charge in [-0.15, -0.1) is 0 Å². The number of nitriles is 1. The van der Waals surface area contributed by atoms with Crippen molar-refractivity contribution in [3.8, 4) is 28.9 Å². The van der Waals surface area contributed by atoms with Gasteiger partial charge in [0.25, 0.3) is 5.89 Å². The molecule has 0 unspecified atom stereocenters. The number of H-pyrrole nitrogens is 1. The summed E-state index contributed by atoms with van der Waals surface area (Å²) in [4.78, 5) is 11.2. The Bertz CT molecular complexity index is 765. The second-order valence-corrected chi connectivity index (χ2v) is 4.03. The standard InChI is InChI=1S/C13H9N5O/c1-8-6-15-3-2-11(8)12-17-13(19-18-12)9-4-10(5-14)16-7-9/h2-4,6-7,16H,1H3. The Balaban J connectivity index is 2.00. The molecule has 1 N–H and O–H groups in total. The number of aryl methyl sites for hydroxylation is 1. The summed E-state index contributed by atoms with van der Waals surface area (Å²) in [5.41, 5.74) is 3.00. The van der Waals surface area contributed by atoms with Crippen molar-refractivity contribution in [1.82, 2.24) is 20.1 Å². The van der Waals surface area contributed by atoms with E-state index in [1.54, 1.807) is 24.7 Å². The maximum atomic E-state index is 8.76. The van der Waals surface area contributed by atoms with E-state index in [2.05, 4.69) is 20.1 Å². The number of nitrogens with one attached hydrogen (secondary N) is 1. The highest BCUT2D eigenvalue weighted by atomic mass is 16.5. The van der Waals surface area contributed by atoms with E-state index in [9.17, 15) is 0 Å². The Morgan fingerprint density at radius 2 is 2.32 bits per heavy atom. The zero-order valence-corrected chi connectivity index (χ0v) is 10.1. The van der Waals surface area contributed by atoms with Crippen molar-refractivity contribution in [2.45, 2.75) is 6.92 Å². The van der Waals surface area contributed by atoms with Crippen molar-refractivity contribution < 1.29 is 4.52 Å². The first kappa shape index (κ1) is 11.2. The molecule has 0 aromatic carbocycles. The fourth-order valence-electron chi connectivity index (χ4n) is 1.76. The summed E-state index contributed by atoms with van der Waals surface area (Å²) < 4.78 is 5.21. The van der Waals surface area contributed by atoms with Crippen LogP contribution < -0.4 is 0 Å². The van der Waals surface area contributed by atoms with E-state index in [4.69, 9.17) is 9.78 Å². The smallest absolute Gasteiger partial charge is 0.259 e. The minimum absolute atomic E-state index is 0.379. The molecule has 6 nitrogen and oxygen atoms in total. The number of nitrogens with zero attached hydrogens (tertiary/aromatic N) is 4. The van der Waals surface area contributed by atoms with Crippen molar-refractivity contribution in [2.24, 2.45) is 0 Å². The molecule has 0 saturated heterocycles. The van der Waals surface area contributed by atoms with Gasteiger partial charge in [-0.3, -0.25) is 4.98 Å². The molecule has 3 aromatic heterocycles. The van der Waals surface area contributed by atoms with Crippen LogP contribution in [-0.4, -0.2) is 20.1 Å². The highest BCUT2D eigenvalue weighted by molar-refractivity contribution is 5.62. The first-order chi connectivity index (χ1) is 9.28. The van der Waals surface area contributed by atoms with Gasteiger partial charge in [-0.1, -0.05) is 5.16 Å². The highest BCUT2D eigenvalue weighted by Crippen LogP contribution is 2.24. The quantitative estimate of drug-likeness (QED) is 0.754. The van der Waals surface area contributed by atoms with Crippen LogP contribution in [0.1, 0.15) is 11.3 Å². The van der Waals surface area contributed by atoms with Crippen molar-refractivity contribution >= 4 is 0 Å². The van der Waals surface area contributed by atoms with Gasteiger partial charge < -0.3 is 9.51 Å². The largest absolute Gasteiger partial charge is 0.352 e. The lowest BCUT2D eigenvalue weighted by atomic mass is 10.1. The first-order valence-corrected chi connectivity index (χ1v) is 5.61. The van der Waals surface area contributed by atoms with Gasteiger partial charge in [-0.25, -0.2) is 0 Å². The van der Waals surface area contributed by atoms with Crippen LogP contribution in [0.4, 0.5) is 0 Å². The molecule has 6 heteroatoms. The van der Waals surface area contributed by atoms with Crippen LogP contribution in [0.3, 0.4) is 0 Å². The average molecular weight is 251 g/mol. The Morgan fingerprint density at radius 3 is 3.05 bits per heavy atom. The minimum atomic E-state index is 0.379. The van der Waals surface area contributed by atoms with Gasteiger partial charge in [0, 0.05) is 24.2 Å². The predicted molar refractivity (Wildman–Crippen MR) is 66.8 cm³/mol. The maximum Gasteiger partial charge on any atom is 0.259 e. The molecule has 0 bridgehead atoms. The van der Waals surface area contributed by atoms with E-state index < -0.39 is 0 Å². The normalized spacial score (nSPS) is 10.3. The summed E-state index contributed by atoms with van der Waals surface area (Å²) in [6.45, 7) is 1.93. The molecule has 0 spiro atoms. The van der Waals surface area contributed by atoms with E-state index in [-0.39, 0.29) is 0 Å². The summed E-state index contributed by atoms with van der Waals surface area (Å²) in [7, 11) is 0. The molecule has 0 amide bonds. The second-order valence-electron chi connectivity index (χ2n) is 4.03. The fraction of sp³-hybridized carbons (Fsp3) is 0.0769. The molecule has 0 fully saturated rings. The molecule has 0 aliphatic heterocycles. The molecule has 0 saturated carbocycles. The van der Waals surface area contributed by atoms with Gasteiger partial charge in [0.1, 0.15) is 11.8 Å². The number of rotatable bonds is 2. The number of pyridine rings is 1. The summed E-state index contributed by atoms with van der Waals surface area (Å²) in [6, 6.07) is 5.51. The van der Waals surface area contributed by atoms with Gasteiger partial charge in [0.2, 0.25) is 5.82 Å². The van der Waals surface area contributed by atoms with E-state index >= 15 is 0 Å². The molecular weight excluding hydrogens is 242 g/mol. The topological polar surface area (TPSA) is 91.4 Å². The Morgan fingerprint density at radius 1 is 1.42 bits per heavy atom. The molecule has 3 rings (SSSR count). The third kappa shape index (κ3) is 1.98. The van der Waals surface area contributed by atoms with Gasteiger partial charge in [0.15, 0.2) is 0 Å². The Hall–Kier alpha value is -2.94. The number of aromatic nitrogens is 4. The summed E-state index contributed by atoms with van der Waals surface area (Å²) in [5.74, 6) is 0.888. The van der Waals surface area contributed by atoms with Crippen LogP contribution in [0, 0.1) is 18.3 Å². The fourth-order valence-corrected chi connectivity index (χ4v) is 1.76. The van der Waals surface area contributed by atoms with Gasteiger partial charge >= 0.3 is 0 Å². The predicted octanol–water partition coefficient (Wildman–Crippen LogP) is 2.31. The molecule has 3 heterocycles. The van der Waals surface area contributed by atoms with Crippen LogP contribution in [0.2, 0.25) is 0 Å². The van der Waals surface area contributed by atoms with E-state index in [1.807, 2.05) is 19.1 Å². The highest BCUT2D eigenvalue weighted by Gasteiger charge is 2.13. The van der Waals surface area contributed by atoms with E-state index in [0.717, 1.165) is 11.1 Å². The molecular formula is C13H9N5O. The third-order valence-corrected chi connectivity index (χ3v) is 2.74. The van der Waals surface area contributed by atoms with Crippen LogP contribution in [0.25, 0.3) is 22.8 Å². The third-order valence-electron chi connectivity index (χ3n) is 2.74. The first-order valence-electron chi connectivity index (χ1n) is 5.61. The molecule has 0 radical (unpaired) electrons. The number of hydrogen-bond donors (Lipinski definition) is 1. The maximum absolute atomic E-state index is 8.76. The molecule has 0 aliphatic rings. The average Bonchev–Trinajstić information content (AvgIpc) is 3.08. The van der Waals surface area contributed by atoms with Crippen LogP contribution in [0.15, 0.2) is 35.2 Å². The monoisotopic (exact) mass is 251 g/mol. The van der Waals surface area contributed by atoms with Crippen molar-refractivity contribution in [3.63, 3.8) is 0 Å². The lowest BCUT2D eigenvalue weighted by molar-refractivity contribution is 0.432. The van der Waals surface area contributed by atoms with Gasteiger partial charge in [0.05, 0.1) is 5.56 Å². The second kappa shape index (κ2) is 4.38. The van der Waals surface area contributed by atoms with Gasteiger partial charge in [-0.05, 0) is 24.6 Å². The summed E-state index contributed by atoms with van der Waals surface area (Å²) >= 11 is 0. The molecule has 0 aliphatic carbocycles. The minimum Gasteiger partial charge on any atom is -0.352 e. The van der Waals surface area contributed by atoms with Crippen LogP contribution >= 0.6 is 0 Å². The number of hydrogen-bond acceptors (Lipinski definition) is 5. The zero-order valence-electron chi connectivity index (χ0n) is 10.1. The molecule has 19 heavy (non-hydrogen) atoms. The summed E-state index contributed by atoms with van der Waals surface area (Å²) in [6.07, 6.45) is 5.09. The Labute approximate surface area is 108 Å². The SMILES string of the molecule is Cc1cnccc1-c1noc(-c2c[nH]c(C#N)c2)n1. The van der Waals surface area contributed by atoms with Crippen molar-refractivity contribution in [2.75, 3.05) is 0 Å². The Kier molecular flexibility index (Phi) is 2.58. The van der Waals surface area contributed by atoms with E-state index in [1.165, 1.54) is 0 Å². The lowest BCUT2D eigenvalue weighted by Crippen LogP contribution is -1.86. The summed E-state index contributed by atoms with van der Waals surface area (Å²) in [5, 5.41) is 12.7. The zero-order chi connectivity index (χ0) is 13.2. The van der Waals surface area contributed by atoms with Crippen molar-refractivity contribution in [3.05, 3.63) is 42.0 Å². The molecule has 3 aromatic rings. The van der Waals surface area contributed by atoms with Gasteiger partial charge in [-0.2, -0.15) is 10.2 Å². The van der Waals surface area contributed by atoms with E-state index in [0.29, 0.717) is 23.0 Å². The molecule has 92 valence electrons. The lowest BCUT2D eigenvalue weighted by Gasteiger charge is -1.97. The molecule has 0 atom stereocenters. The van der Waals surface area contributed by atoms with Crippen LogP contribution in [0.5, 0.6) is 0 Å². The number of aromatic amines is 1.